The maximum absolute atomic E-state index is 13.7. The number of carbonyl (C=O) groups excluding carboxylic acids is 1. The van der Waals surface area contributed by atoms with Crippen LogP contribution in [0.25, 0.3) is 11.4 Å². The molecule has 7 heteroatoms. The maximum Gasteiger partial charge on any atom is 0.416 e. The molecule has 0 aliphatic heterocycles. The van der Waals surface area contributed by atoms with Gasteiger partial charge < -0.3 is 9.88 Å². The van der Waals surface area contributed by atoms with E-state index >= 15 is 0 Å². The average molecular weight is 532 g/mol. The van der Waals surface area contributed by atoms with Crippen molar-refractivity contribution in [2.45, 2.75) is 52.6 Å². The summed E-state index contributed by atoms with van der Waals surface area (Å²) in [6, 6.07) is 15.6. The van der Waals surface area contributed by atoms with E-state index < -0.39 is 11.7 Å². The molecular formula is C32H32F3N3O. The Bertz CT molecular complexity index is 1500. The van der Waals surface area contributed by atoms with Crippen molar-refractivity contribution in [2.24, 2.45) is 0 Å². The number of Topliss-reactive ketones (excluding diaryl/α,β-unsaturated/α-hetero) is 1. The minimum Gasteiger partial charge on any atom is -0.356 e. The molecule has 2 aromatic heterocycles. The van der Waals surface area contributed by atoms with Crippen molar-refractivity contribution in [2.75, 3.05) is 5.32 Å². The van der Waals surface area contributed by atoms with E-state index in [1.165, 1.54) is 12.5 Å². The van der Waals surface area contributed by atoms with Gasteiger partial charge in [0.2, 0.25) is 0 Å². The third-order valence-electron chi connectivity index (χ3n) is 6.62. The molecule has 4 nitrogen and oxygen atoms in total. The summed E-state index contributed by atoms with van der Waals surface area (Å²) in [6.45, 7) is 9.58. The Labute approximate surface area is 227 Å². The predicted molar refractivity (Wildman–Crippen MR) is 150 cm³/mol. The number of nitrogens with one attached hydrogen (secondary N) is 1. The van der Waals surface area contributed by atoms with E-state index in [1.807, 2.05) is 37.3 Å². The molecule has 4 rings (SSSR count). The number of anilines is 1. The van der Waals surface area contributed by atoms with Crippen molar-refractivity contribution in [1.82, 2.24) is 9.55 Å². The summed E-state index contributed by atoms with van der Waals surface area (Å²) in [5.41, 5.74) is 5.96. The summed E-state index contributed by atoms with van der Waals surface area (Å²) in [5.74, 6) is -0.0714. The van der Waals surface area contributed by atoms with Crippen LogP contribution in [0.15, 0.2) is 79.8 Å². The van der Waals surface area contributed by atoms with Crippen LogP contribution in [0.1, 0.15) is 64.1 Å². The highest BCUT2D eigenvalue weighted by molar-refractivity contribution is 5.92. The zero-order valence-electron chi connectivity index (χ0n) is 22.4. The van der Waals surface area contributed by atoms with Gasteiger partial charge in [-0.15, -0.1) is 0 Å². The fourth-order valence-electron chi connectivity index (χ4n) is 4.56. The second-order valence-electron chi connectivity index (χ2n) is 9.81. The molecule has 4 aromatic rings. The van der Waals surface area contributed by atoms with Crippen LogP contribution in [0.2, 0.25) is 0 Å². The normalized spacial score (nSPS) is 11.4. The first-order valence-corrected chi connectivity index (χ1v) is 12.9. The summed E-state index contributed by atoms with van der Waals surface area (Å²) in [4.78, 5) is 15.8. The molecule has 0 amide bonds. The minimum absolute atomic E-state index is 0.0714. The summed E-state index contributed by atoms with van der Waals surface area (Å²) >= 11 is 0. The first-order valence-electron chi connectivity index (χ1n) is 12.9. The van der Waals surface area contributed by atoms with E-state index in [1.54, 1.807) is 29.2 Å². The van der Waals surface area contributed by atoms with E-state index in [-0.39, 0.29) is 5.78 Å². The molecule has 0 saturated heterocycles. The predicted octanol–water partition coefficient (Wildman–Crippen LogP) is 8.22. The first-order chi connectivity index (χ1) is 18.5. The molecule has 0 unspecified atom stereocenters. The molecule has 0 radical (unpaired) electrons. The lowest BCUT2D eigenvalue weighted by Gasteiger charge is -2.17. The second kappa shape index (κ2) is 11.7. The summed E-state index contributed by atoms with van der Waals surface area (Å²) in [7, 11) is 0. The van der Waals surface area contributed by atoms with Crippen LogP contribution in [0.4, 0.5) is 18.9 Å². The van der Waals surface area contributed by atoms with Crippen LogP contribution in [-0.2, 0) is 25.4 Å². The first kappa shape index (κ1) is 27.9. The number of ketones is 1. The second-order valence-corrected chi connectivity index (χ2v) is 9.81. The Morgan fingerprint density at radius 3 is 2.46 bits per heavy atom. The van der Waals surface area contributed by atoms with Gasteiger partial charge in [-0.2, -0.15) is 13.2 Å². The van der Waals surface area contributed by atoms with Gasteiger partial charge in [0, 0.05) is 42.6 Å². The van der Waals surface area contributed by atoms with Crippen LogP contribution < -0.4 is 5.32 Å². The molecule has 0 aliphatic carbocycles. The van der Waals surface area contributed by atoms with Crippen molar-refractivity contribution in [3.05, 3.63) is 119 Å². The number of pyridine rings is 1. The molecule has 39 heavy (non-hydrogen) atoms. The molecule has 202 valence electrons. The summed E-state index contributed by atoms with van der Waals surface area (Å²) in [5, 5.41) is 3.23. The molecule has 0 aliphatic rings. The van der Waals surface area contributed by atoms with Crippen LogP contribution in [0.3, 0.4) is 0 Å². The minimum atomic E-state index is -4.49. The van der Waals surface area contributed by atoms with Crippen molar-refractivity contribution in [3.8, 4) is 5.69 Å². The molecule has 2 heterocycles. The lowest BCUT2D eigenvalue weighted by Crippen LogP contribution is -2.09. The fourth-order valence-corrected chi connectivity index (χ4v) is 4.56. The monoisotopic (exact) mass is 531 g/mol. The van der Waals surface area contributed by atoms with Gasteiger partial charge >= 0.3 is 6.18 Å². The quantitative estimate of drug-likeness (QED) is 0.210. The van der Waals surface area contributed by atoms with Gasteiger partial charge in [-0.25, -0.2) is 0 Å². The third kappa shape index (κ3) is 7.05. The van der Waals surface area contributed by atoms with Crippen molar-refractivity contribution < 1.29 is 18.0 Å². The third-order valence-corrected chi connectivity index (χ3v) is 6.62. The van der Waals surface area contributed by atoms with Crippen LogP contribution in [0, 0.1) is 6.92 Å². The Hall–Kier alpha value is -4.13. The van der Waals surface area contributed by atoms with Crippen molar-refractivity contribution in [1.29, 1.82) is 0 Å². The van der Waals surface area contributed by atoms with Crippen LogP contribution in [0.5, 0.6) is 0 Å². The number of aromatic nitrogens is 2. The number of aryl methyl sites for hydroxylation is 4. The maximum atomic E-state index is 13.7. The topological polar surface area (TPSA) is 46.9 Å². The standard InChI is InChI=1S/C32H32F3N3O/c1-5-6-25-9-10-29(17-26(25)8-7-24-11-13-36-31(15-24)23(4)39)37-22(3)27-16-28(32(33,34)35)19-30(18-27)38-14-12-21(2)20-38/h9-20,37H,3,5-8H2,1-2,4H3. The summed E-state index contributed by atoms with van der Waals surface area (Å²) in [6.07, 6.45) is 4.08. The SMILES string of the molecule is C=C(Nc1ccc(CCC)c(CCc2ccnc(C(C)=O)c2)c1)c1cc(-n2ccc(C)c2)cc(C(F)(F)F)c1. The zero-order valence-corrected chi connectivity index (χ0v) is 22.4. The molecule has 0 saturated carbocycles. The Kier molecular flexibility index (Phi) is 8.38. The average Bonchev–Trinajstić information content (AvgIpc) is 3.34. The number of carbonyl (C=O) groups is 1. The lowest BCUT2D eigenvalue weighted by molar-refractivity contribution is -0.137. The number of rotatable bonds is 10. The number of alkyl halides is 3. The Morgan fingerprint density at radius 2 is 1.79 bits per heavy atom. The zero-order chi connectivity index (χ0) is 28.2. The molecule has 0 spiro atoms. The van der Waals surface area contributed by atoms with E-state index in [4.69, 9.17) is 0 Å². The molecule has 0 bridgehead atoms. The fraction of sp³-hybridized carbons (Fsp3) is 0.250. The molecule has 0 atom stereocenters. The van der Waals surface area contributed by atoms with Gasteiger partial charge in [-0.3, -0.25) is 9.78 Å². The molecule has 2 aromatic carbocycles. The van der Waals surface area contributed by atoms with Gasteiger partial charge in [0.05, 0.1) is 5.56 Å². The number of hydrogen-bond donors (Lipinski definition) is 1. The van der Waals surface area contributed by atoms with Gasteiger partial charge in [-0.1, -0.05) is 26.0 Å². The molecular weight excluding hydrogens is 499 g/mol. The van der Waals surface area contributed by atoms with Crippen molar-refractivity contribution >= 4 is 17.2 Å². The van der Waals surface area contributed by atoms with E-state index in [0.717, 1.165) is 60.2 Å². The highest BCUT2D eigenvalue weighted by Crippen LogP contribution is 2.33. The largest absolute Gasteiger partial charge is 0.416 e. The van der Waals surface area contributed by atoms with Crippen molar-refractivity contribution in [3.63, 3.8) is 0 Å². The molecule has 0 fully saturated rings. The summed E-state index contributed by atoms with van der Waals surface area (Å²) < 4.78 is 42.9. The van der Waals surface area contributed by atoms with Gasteiger partial charge in [0.25, 0.3) is 0 Å². The van der Waals surface area contributed by atoms with Gasteiger partial charge in [0.1, 0.15) is 5.69 Å². The Morgan fingerprint density at radius 1 is 1.00 bits per heavy atom. The van der Waals surface area contributed by atoms with Crippen LogP contribution >= 0.6 is 0 Å². The molecule has 1 N–H and O–H groups in total. The van der Waals surface area contributed by atoms with E-state index in [9.17, 15) is 18.0 Å². The van der Waals surface area contributed by atoms with Crippen LogP contribution in [-0.4, -0.2) is 15.3 Å². The highest BCUT2D eigenvalue weighted by atomic mass is 19.4. The Balaban J connectivity index is 1.60. The van der Waals surface area contributed by atoms with Gasteiger partial charge in [-0.05, 0) is 103 Å². The smallest absolute Gasteiger partial charge is 0.356 e. The number of hydrogen-bond acceptors (Lipinski definition) is 3. The number of nitrogens with zero attached hydrogens (tertiary/aromatic N) is 2. The van der Waals surface area contributed by atoms with E-state index in [2.05, 4.69) is 29.9 Å². The number of benzene rings is 2. The van der Waals surface area contributed by atoms with Gasteiger partial charge in [0.15, 0.2) is 5.78 Å². The lowest BCUT2D eigenvalue weighted by atomic mass is 9.96. The highest BCUT2D eigenvalue weighted by Gasteiger charge is 2.31. The number of halogens is 3. The van der Waals surface area contributed by atoms with E-state index in [0.29, 0.717) is 22.6 Å².